The molecule has 33 heavy (non-hydrogen) atoms. The van der Waals surface area contributed by atoms with Gasteiger partial charge in [-0.05, 0) is 60.7 Å². The van der Waals surface area contributed by atoms with E-state index < -0.39 is 0 Å². The molecule has 0 heterocycles. The molecule has 174 valence electrons. The number of hydrogen-bond donors (Lipinski definition) is 1. The molecule has 3 rings (SSSR count). The molecule has 0 fully saturated rings. The van der Waals surface area contributed by atoms with Crippen molar-refractivity contribution >= 4 is 5.69 Å². The van der Waals surface area contributed by atoms with Gasteiger partial charge in [-0.2, -0.15) is 0 Å². The summed E-state index contributed by atoms with van der Waals surface area (Å²) >= 11 is 0. The highest BCUT2D eigenvalue weighted by Gasteiger charge is 2.16. The number of hydrogen-bond acceptors (Lipinski definition) is 4. The lowest BCUT2D eigenvalue weighted by Gasteiger charge is -2.17. The first kappa shape index (κ1) is 24.2. The number of anilines is 1. The Morgan fingerprint density at radius 1 is 0.758 bits per heavy atom. The Morgan fingerprint density at radius 2 is 1.30 bits per heavy atom. The molecular formula is C29H35NO3. The van der Waals surface area contributed by atoms with E-state index in [-0.39, 0.29) is 0 Å². The van der Waals surface area contributed by atoms with Gasteiger partial charge in [0.15, 0.2) is 0 Å². The van der Waals surface area contributed by atoms with Crippen LogP contribution < -0.4 is 19.5 Å². The fourth-order valence-electron chi connectivity index (χ4n) is 3.77. The van der Waals surface area contributed by atoms with Crippen LogP contribution in [0.25, 0.3) is 22.3 Å². The number of benzene rings is 3. The highest BCUT2D eigenvalue weighted by atomic mass is 16.5. The van der Waals surface area contributed by atoms with Crippen LogP contribution in [0.2, 0.25) is 0 Å². The van der Waals surface area contributed by atoms with Crippen molar-refractivity contribution in [1.29, 1.82) is 0 Å². The van der Waals surface area contributed by atoms with Gasteiger partial charge in [-0.25, -0.2) is 0 Å². The highest BCUT2D eigenvalue weighted by molar-refractivity contribution is 5.82. The second kappa shape index (κ2) is 11.0. The molecule has 0 aliphatic heterocycles. The van der Waals surface area contributed by atoms with Gasteiger partial charge in [0.25, 0.3) is 0 Å². The Hall–Kier alpha value is -3.40. The SMILES string of the molecule is COc1cc(-c2cc(OC)c(-c3ccc(C(C)C)cc3)cc2OC)ccc1NCC=C(C)C. The van der Waals surface area contributed by atoms with Gasteiger partial charge in [0.2, 0.25) is 0 Å². The lowest BCUT2D eigenvalue weighted by Crippen LogP contribution is -2.01. The summed E-state index contributed by atoms with van der Waals surface area (Å²) < 4.78 is 17.3. The van der Waals surface area contributed by atoms with Crippen LogP contribution in [0.3, 0.4) is 0 Å². The van der Waals surface area contributed by atoms with Crippen molar-refractivity contribution in [3.63, 3.8) is 0 Å². The van der Waals surface area contributed by atoms with Crippen LogP contribution in [0.4, 0.5) is 5.69 Å². The average Bonchev–Trinajstić information content (AvgIpc) is 2.83. The maximum absolute atomic E-state index is 5.80. The van der Waals surface area contributed by atoms with Crippen molar-refractivity contribution in [3.05, 3.63) is 71.8 Å². The lowest BCUT2D eigenvalue weighted by atomic mass is 9.95. The second-order valence-electron chi connectivity index (χ2n) is 8.61. The van der Waals surface area contributed by atoms with Gasteiger partial charge in [-0.3, -0.25) is 0 Å². The maximum Gasteiger partial charge on any atom is 0.142 e. The Labute approximate surface area is 198 Å². The molecule has 0 saturated heterocycles. The molecule has 4 nitrogen and oxygen atoms in total. The summed E-state index contributed by atoms with van der Waals surface area (Å²) in [7, 11) is 5.09. The third-order valence-corrected chi connectivity index (χ3v) is 5.73. The third kappa shape index (κ3) is 5.70. The Kier molecular flexibility index (Phi) is 8.05. The summed E-state index contributed by atoms with van der Waals surface area (Å²) in [6.07, 6.45) is 2.15. The minimum Gasteiger partial charge on any atom is -0.496 e. The van der Waals surface area contributed by atoms with Crippen LogP contribution in [-0.2, 0) is 0 Å². The van der Waals surface area contributed by atoms with Gasteiger partial charge in [0.05, 0.1) is 27.0 Å². The molecule has 0 amide bonds. The molecule has 0 bridgehead atoms. The molecule has 3 aromatic carbocycles. The van der Waals surface area contributed by atoms with E-state index in [1.54, 1.807) is 21.3 Å². The number of nitrogens with one attached hydrogen (secondary N) is 1. The third-order valence-electron chi connectivity index (χ3n) is 5.73. The van der Waals surface area contributed by atoms with Gasteiger partial charge >= 0.3 is 0 Å². The molecule has 1 N–H and O–H groups in total. The van der Waals surface area contributed by atoms with Crippen molar-refractivity contribution in [2.45, 2.75) is 33.6 Å². The van der Waals surface area contributed by atoms with E-state index >= 15 is 0 Å². The topological polar surface area (TPSA) is 39.7 Å². The molecular weight excluding hydrogens is 410 g/mol. The van der Waals surface area contributed by atoms with Crippen LogP contribution >= 0.6 is 0 Å². The molecule has 3 aromatic rings. The standard InChI is InChI=1S/C29H35NO3/c1-19(2)14-15-30-26-13-12-23(16-29(26)33-7)25-18-27(31-5)24(17-28(25)32-6)22-10-8-21(9-11-22)20(3)4/h8-14,16-18,20,30H,15H2,1-7H3. The highest BCUT2D eigenvalue weighted by Crippen LogP contribution is 2.42. The smallest absolute Gasteiger partial charge is 0.142 e. The lowest BCUT2D eigenvalue weighted by molar-refractivity contribution is 0.405. The largest absolute Gasteiger partial charge is 0.496 e. The summed E-state index contributed by atoms with van der Waals surface area (Å²) in [4.78, 5) is 0. The van der Waals surface area contributed by atoms with E-state index in [9.17, 15) is 0 Å². The quantitative estimate of drug-likeness (QED) is 0.345. The van der Waals surface area contributed by atoms with Crippen molar-refractivity contribution in [3.8, 4) is 39.5 Å². The van der Waals surface area contributed by atoms with Crippen LogP contribution in [0.1, 0.15) is 39.2 Å². The average molecular weight is 446 g/mol. The normalized spacial score (nSPS) is 10.7. The van der Waals surface area contributed by atoms with Gasteiger partial charge in [0, 0.05) is 17.7 Å². The molecule has 0 radical (unpaired) electrons. The van der Waals surface area contributed by atoms with E-state index in [1.807, 2.05) is 24.3 Å². The van der Waals surface area contributed by atoms with Gasteiger partial charge < -0.3 is 19.5 Å². The number of allylic oxidation sites excluding steroid dienone is 1. The zero-order valence-electron chi connectivity index (χ0n) is 20.8. The Balaban J connectivity index is 2.02. The van der Waals surface area contributed by atoms with Crippen LogP contribution in [-0.4, -0.2) is 27.9 Å². The molecule has 0 aromatic heterocycles. The summed E-state index contributed by atoms with van der Waals surface area (Å²) in [5.41, 5.74) is 7.58. The van der Waals surface area contributed by atoms with E-state index in [0.717, 1.165) is 51.7 Å². The number of ether oxygens (including phenoxy) is 3. The van der Waals surface area contributed by atoms with Crippen molar-refractivity contribution in [2.75, 3.05) is 33.2 Å². The van der Waals surface area contributed by atoms with E-state index in [2.05, 4.69) is 69.4 Å². The van der Waals surface area contributed by atoms with Gasteiger partial charge in [0.1, 0.15) is 17.2 Å². The Morgan fingerprint density at radius 3 is 1.82 bits per heavy atom. The predicted octanol–water partition coefficient (Wildman–Crippen LogP) is 7.55. The molecule has 0 spiro atoms. The zero-order chi connectivity index (χ0) is 24.0. The first-order valence-corrected chi connectivity index (χ1v) is 11.3. The van der Waals surface area contributed by atoms with Crippen molar-refractivity contribution < 1.29 is 14.2 Å². The van der Waals surface area contributed by atoms with Crippen molar-refractivity contribution in [1.82, 2.24) is 0 Å². The van der Waals surface area contributed by atoms with Crippen LogP contribution in [0, 0.1) is 0 Å². The summed E-state index contributed by atoms with van der Waals surface area (Å²) in [6, 6.07) is 18.8. The second-order valence-corrected chi connectivity index (χ2v) is 8.61. The molecule has 0 aliphatic carbocycles. The van der Waals surface area contributed by atoms with Crippen LogP contribution in [0.5, 0.6) is 17.2 Å². The van der Waals surface area contributed by atoms with E-state index in [0.29, 0.717) is 5.92 Å². The van der Waals surface area contributed by atoms with Crippen LogP contribution in [0.15, 0.2) is 66.2 Å². The summed E-state index contributed by atoms with van der Waals surface area (Å²) in [5.74, 6) is 2.86. The fraction of sp³-hybridized carbons (Fsp3) is 0.310. The maximum atomic E-state index is 5.80. The van der Waals surface area contributed by atoms with E-state index in [1.165, 1.54) is 11.1 Å². The fourth-order valence-corrected chi connectivity index (χ4v) is 3.77. The summed E-state index contributed by atoms with van der Waals surface area (Å²) in [6.45, 7) is 9.32. The molecule has 0 saturated carbocycles. The zero-order valence-corrected chi connectivity index (χ0v) is 20.8. The predicted molar refractivity (Wildman–Crippen MR) is 139 cm³/mol. The molecule has 0 aliphatic rings. The van der Waals surface area contributed by atoms with E-state index in [4.69, 9.17) is 14.2 Å². The first-order chi connectivity index (χ1) is 15.9. The monoisotopic (exact) mass is 445 g/mol. The minimum absolute atomic E-state index is 0.493. The summed E-state index contributed by atoms with van der Waals surface area (Å²) in [5, 5.41) is 3.41. The van der Waals surface area contributed by atoms with Gasteiger partial charge in [-0.1, -0.05) is 55.8 Å². The Bertz CT molecular complexity index is 1110. The number of methoxy groups -OCH3 is 3. The minimum atomic E-state index is 0.493. The van der Waals surface area contributed by atoms with Gasteiger partial charge in [-0.15, -0.1) is 0 Å². The van der Waals surface area contributed by atoms with Crippen molar-refractivity contribution in [2.24, 2.45) is 0 Å². The molecule has 0 unspecified atom stereocenters. The molecule has 0 atom stereocenters. The first-order valence-electron chi connectivity index (χ1n) is 11.3. The molecule has 4 heteroatoms. The number of rotatable bonds is 9.